The van der Waals surface area contributed by atoms with Crippen LogP contribution in [0.1, 0.15) is 25.3 Å². The fraction of sp³-hybridized carbons (Fsp3) is 0.263. The smallest absolute Gasteiger partial charge is 0.254 e. The highest BCUT2D eigenvalue weighted by Gasteiger charge is 2.32. The number of rotatable bonds is 4. The van der Waals surface area contributed by atoms with Crippen LogP contribution in [0.2, 0.25) is 5.02 Å². The van der Waals surface area contributed by atoms with Crippen molar-refractivity contribution in [2.24, 2.45) is 0 Å². The van der Waals surface area contributed by atoms with Crippen molar-refractivity contribution in [1.82, 2.24) is 10.2 Å². The zero-order valence-electron chi connectivity index (χ0n) is 14.0. The summed E-state index contributed by atoms with van der Waals surface area (Å²) in [5.41, 5.74) is 1.63. The Morgan fingerprint density at radius 3 is 2.80 bits per heavy atom. The Kier molecular flexibility index (Phi) is 3.88. The molecule has 4 rings (SSSR count). The monoisotopic (exact) mass is 356 g/mol. The summed E-state index contributed by atoms with van der Waals surface area (Å²) in [6, 6.07) is 13.2. The zero-order valence-corrected chi connectivity index (χ0v) is 14.7. The van der Waals surface area contributed by atoms with Crippen LogP contribution < -0.4 is 9.47 Å². The normalized spacial score (nSPS) is 14.8. The second kappa shape index (κ2) is 6.08. The van der Waals surface area contributed by atoms with E-state index in [1.165, 1.54) is 0 Å². The average Bonchev–Trinajstić information content (AvgIpc) is 3.16. The summed E-state index contributed by atoms with van der Waals surface area (Å²) in [5.74, 6) is 2.23. The number of halogens is 1. The van der Waals surface area contributed by atoms with Crippen LogP contribution >= 0.6 is 11.6 Å². The molecule has 0 radical (unpaired) electrons. The Morgan fingerprint density at radius 1 is 1.12 bits per heavy atom. The maximum absolute atomic E-state index is 6.16. The van der Waals surface area contributed by atoms with Crippen LogP contribution in [0.5, 0.6) is 11.5 Å². The summed E-state index contributed by atoms with van der Waals surface area (Å²) in [6.07, 6.45) is 0.858. The van der Waals surface area contributed by atoms with Gasteiger partial charge in [0, 0.05) is 12.0 Å². The van der Waals surface area contributed by atoms with E-state index in [4.69, 9.17) is 25.5 Å². The van der Waals surface area contributed by atoms with Crippen LogP contribution in [-0.2, 0) is 13.0 Å². The lowest BCUT2D eigenvalue weighted by Crippen LogP contribution is -2.24. The standard InChI is InChI=1S/C19H17ClN2O3/c1-19(2)10-12-6-5-9-15(17(12)25-19)23-11-16-21-22-18(24-16)13-7-3-4-8-14(13)20/h3-9H,10-11H2,1-2H3. The summed E-state index contributed by atoms with van der Waals surface area (Å²) in [6.45, 7) is 4.28. The van der Waals surface area contributed by atoms with E-state index in [-0.39, 0.29) is 12.2 Å². The van der Waals surface area contributed by atoms with Crippen molar-refractivity contribution in [3.8, 4) is 23.0 Å². The van der Waals surface area contributed by atoms with Gasteiger partial charge in [0.1, 0.15) is 5.60 Å². The topological polar surface area (TPSA) is 57.4 Å². The summed E-state index contributed by atoms with van der Waals surface area (Å²) in [5, 5.41) is 8.64. The summed E-state index contributed by atoms with van der Waals surface area (Å²) in [7, 11) is 0. The van der Waals surface area contributed by atoms with E-state index in [0.717, 1.165) is 17.7 Å². The lowest BCUT2D eigenvalue weighted by Gasteiger charge is -2.18. The number of benzene rings is 2. The number of nitrogens with zero attached hydrogens (tertiary/aromatic N) is 2. The molecule has 1 aromatic heterocycles. The van der Waals surface area contributed by atoms with Gasteiger partial charge >= 0.3 is 0 Å². The van der Waals surface area contributed by atoms with Crippen LogP contribution in [-0.4, -0.2) is 15.8 Å². The molecule has 0 saturated carbocycles. The van der Waals surface area contributed by atoms with E-state index in [2.05, 4.69) is 30.1 Å². The molecular weight excluding hydrogens is 340 g/mol. The van der Waals surface area contributed by atoms with Crippen LogP contribution in [0.3, 0.4) is 0 Å². The summed E-state index contributed by atoms with van der Waals surface area (Å²) < 4.78 is 17.5. The van der Waals surface area contributed by atoms with Crippen LogP contribution in [0, 0.1) is 0 Å². The Morgan fingerprint density at radius 2 is 1.96 bits per heavy atom. The molecule has 5 nitrogen and oxygen atoms in total. The molecule has 0 amide bonds. The lowest BCUT2D eigenvalue weighted by atomic mass is 10.0. The first-order chi connectivity index (χ1) is 12.0. The van der Waals surface area contributed by atoms with Gasteiger partial charge in [-0.3, -0.25) is 0 Å². The third-order valence-electron chi connectivity index (χ3n) is 3.98. The molecule has 25 heavy (non-hydrogen) atoms. The van der Waals surface area contributed by atoms with Gasteiger partial charge in [0.25, 0.3) is 5.89 Å². The predicted octanol–water partition coefficient (Wildman–Crippen LogP) is 4.68. The fourth-order valence-electron chi connectivity index (χ4n) is 2.90. The molecule has 2 aromatic carbocycles. The van der Waals surface area contributed by atoms with Crippen molar-refractivity contribution in [3.63, 3.8) is 0 Å². The van der Waals surface area contributed by atoms with Gasteiger partial charge in [-0.1, -0.05) is 35.9 Å². The van der Waals surface area contributed by atoms with E-state index in [1.54, 1.807) is 6.07 Å². The molecule has 6 heteroatoms. The molecule has 3 aromatic rings. The minimum atomic E-state index is -0.219. The van der Waals surface area contributed by atoms with Gasteiger partial charge in [-0.05, 0) is 32.0 Å². The van der Waals surface area contributed by atoms with Crippen molar-refractivity contribution in [2.75, 3.05) is 0 Å². The maximum Gasteiger partial charge on any atom is 0.254 e. The SMILES string of the molecule is CC1(C)Cc2cccc(OCc3nnc(-c4ccccc4Cl)o3)c2O1. The molecule has 128 valence electrons. The van der Waals surface area contributed by atoms with E-state index in [0.29, 0.717) is 28.1 Å². The summed E-state index contributed by atoms with van der Waals surface area (Å²) >= 11 is 6.16. The number of hydrogen-bond donors (Lipinski definition) is 0. The molecule has 0 fully saturated rings. The highest BCUT2D eigenvalue weighted by Crippen LogP contribution is 2.42. The van der Waals surface area contributed by atoms with Gasteiger partial charge in [0.2, 0.25) is 5.89 Å². The first kappa shape index (κ1) is 16.0. The molecule has 1 aliphatic rings. The Bertz CT molecular complexity index is 921. The van der Waals surface area contributed by atoms with Gasteiger partial charge in [-0.25, -0.2) is 0 Å². The van der Waals surface area contributed by atoms with E-state index < -0.39 is 0 Å². The highest BCUT2D eigenvalue weighted by molar-refractivity contribution is 6.33. The third kappa shape index (κ3) is 3.20. The molecule has 0 spiro atoms. The molecule has 1 aliphatic heterocycles. The molecule has 0 unspecified atom stereocenters. The molecule has 2 heterocycles. The predicted molar refractivity (Wildman–Crippen MR) is 93.9 cm³/mol. The molecule has 0 N–H and O–H groups in total. The molecule has 0 bridgehead atoms. The number of hydrogen-bond acceptors (Lipinski definition) is 5. The van der Waals surface area contributed by atoms with Crippen molar-refractivity contribution in [1.29, 1.82) is 0 Å². The maximum atomic E-state index is 6.16. The van der Waals surface area contributed by atoms with E-state index in [1.807, 2.05) is 30.3 Å². The average molecular weight is 357 g/mol. The molecule has 0 atom stereocenters. The number of aromatic nitrogens is 2. The largest absolute Gasteiger partial charge is 0.483 e. The zero-order chi connectivity index (χ0) is 17.4. The number of ether oxygens (including phenoxy) is 2. The van der Waals surface area contributed by atoms with Gasteiger partial charge in [-0.15, -0.1) is 10.2 Å². The van der Waals surface area contributed by atoms with Crippen LogP contribution in [0.15, 0.2) is 46.9 Å². The van der Waals surface area contributed by atoms with Crippen molar-refractivity contribution in [3.05, 3.63) is 58.9 Å². The first-order valence-electron chi connectivity index (χ1n) is 8.03. The minimum absolute atomic E-state index is 0.164. The Balaban J connectivity index is 1.51. The lowest BCUT2D eigenvalue weighted by molar-refractivity contribution is 0.130. The second-order valence-electron chi connectivity index (χ2n) is 6.55. The van der Waals surface area contributed by atoms with Gasteiger partial charge in [-0.2, -0.15) is 0 Å². The van der Waals surface area contributed by atoms with E-state index >= 15 is 0 Å². The van der Waals surface area contributed by atoms with Gasteiger partial charge in [0.05, 0.1) is 10.6 Å². The van der Waals surface area contributed by atoms with Crippen LogP contribution in [0.25, 0.3) is 11.5 Å². The van der Waals surface area contributed by atoms with Gasteiger partial charge in [0.15, 0.2) is 18.1 Å². The second-order valence-corrected chi connectivity index (χ2v) is 6.96. The number of para-hydroxylation sites is 1. The molecule has 0 aliphatic carbocycles. The van der Waals surface area contributed by atoms with E-state index in [9.17, 15) is 0 Å². The molecular formula is C19H17ClN2O3. The van der Waals surface area contributed by atoms with Crippen molar-refractivity contribution in [2.45, 2.75) is 32.5 Å². The Labute approximate surface area is 150 Å². The molecule has 0 saturated heterocycles. The van der Waals surface area contributed by atoms with Crippen molar-refractivity contribution < 1.29 is 13.9 Å². The fourth-order valence-corrected chi connectivity index (χ4v) is 3.11. The minimum Gasteiger partial charge on any atom is -0.483 e. The number of fused-ring (bicyclic) bond motifs is 1. The van der Waals surface area contributed by atoms with Crippen LogP contribution in [0.4, 0.5) is 0 Å². The quantitative estimate of drug-likeness (QED) is 0.679. The first-order valence-corrected chi connectivity index (χ1v) is 8.41. The van der Waals surface area contributed by atoms with Gasteiger partial charge < -0.3 is 13.9 Å². The highest BCUT2D eigenvalue weighted by atomic mass is 35.5. The Hall–Kier alpha value is -2.53. The summed E-state index contributed by atoms with van der Waals surface area (Å²) in [4.78, 5) is 0. The third-order valence-corrected chi connectivity index (χ3v) is 4.31. The van der Waals surface area contributed by atoms with Crippen molar-refractivity contribution >= 4 is 11.6 Å².